The Hall–Kier alpha value is 0.330. The Labute approximate surface area is 95.7 Å². The average molecular weight is 190 g/mol. The van der Waals surface area contributed by atoms with Crippen LogP contribution in [-0.4, -0.2) is 4.98 Å². The summed E-state index contributed by atoms with van der Waals surface area (Å²) >= 11 is 6.59. The molecule has 0 amide bonds. The summed E-state index contributed by atoms with van der Waals surface area (Å²) in [7, 11) is 0. The first kappa shape index (κ1) is 9.42. The predicted octanol–water partition coefficient (Wildman–Crippen LogP) is -0.0371. The van der Waals surface area contributed by atoms with E-state index in [1.54, 1.807) is 11.3 Å². The van der Waals surface area contributed by atoms with E-state index < -0.39 is 0 Å². The van der Waals surface area contributed by atoms with Crippen LogP contribution in [-0.2, 0) is 0 Å². The van der Waals surface area contributed by atoms with Crippen LogP contribution in [0.2, 0.25) is 0 Å². The predicted molar refractivity (Wildman–Crippen MR) is 47.0 cm³/mol. The van der Waals surface area contributed by atoms with Gasteiger partial charge < -0.3 is 4.98 Å². The quantitative estimate of drug-likeness (QED) is 0.455. The third-order valence-electron chi connectivity index (χ3n) is 1.33. The van der Waals surface area contributed by atoms with E-state index in [4.69, 9.17) is 12.2 Å². The van der Waals surface area contributed by atoms with Gasteiger partial charge in [0, 0.05) is 0 Å². The second-order valence-electron chi connectivity index (χ2n) is 2.01. The van der Waals surface area contributed by atoms with E-state index in [1.807, 2.05) is 18.2 Å². The summed E-state index contributed by atoms with van der Waals surface area (Å²) in [5.41, 5.74) is 1.14. The van der Waals surface area contributed by atoms with Crippen molar-refractivity contribution in [2.24, 2.45) is 0 Å². The van der Waals surface area contributed by atoms with Gasteiger partial charge in [0.2, 0.25) is 0 Å². The number of aromatic amines is 1. The molecule has 50 valence electrons. The van der Waals surface area contributed by atoms with Crippen LogP contribution in [0.1, 0.15) is 0 Å². The minimum atomic E-state index is 0. The molecule has 0 aliphatic carbocycles. The Morgan fingerprint density at radius 2 is 2.00 bits per heavy atom. The zero-order chi connectivity index (χ0) is 6.97. The second-order valence-corrected chi connectivity index (χ2v) is 3.73. The maximum absolute atomic E-state index is 4.98. The van der Waals surface area contributed by atoms with Crippen molar-refractivity contribution < 1.29 is 29.6 Å². The van der Waals surface area contributed by atoms with Crippen molar-refractivity contribution in [3.05, 3.63) is 28.2 Å². The molecule has 0 unspecified atom stereocenters. The number of nitrogens with one attached hydrogen (secondary N) is 1. The summed E-state index contributed by atoms with van der Waals surface area (Å²) < 4.78 is 2.08. The van der Waals surface area contributed by atoms with Crippen molar-refractivity contribution in [2.75, 3.05) is 0 Å². The van der Waals surface area contributed by atoms with Crippen LogP contribution in [0.5, 0.6) is 0 Å². The van der Waals surface area contributed by atoms with Gasteiger partial charge in [-0.15, -0.1) is 11.3 Å². The van der Waals surface area contributed by atoms with E-state index >= 15 is 0 Å². The van der Waals surface area contributed by atoms with Crippen molar-refractivity contribution in [1.29, 1.82) is 0 Å². The molecule has 1 nitrogen and oxygen atoms in total. The third-order valence-corrected chi connectivity index (χ3v) is 2.54. The monoisotopic (exact) mass is 190 g/mol. The SMILES string of the molecule is S=c1[nH]c2ccccc2s1.[Na+]. The van der Waals surface area contributed by atoms with E-state index in [1.165, 1.54) is 4.70 Å². The van der Waals surface area contributed by atoms with Crippen LogP contribution >= 0.6 is 23.6 Å². The van der Waals surface area contributed by atoms with Crippen molar-refractivity contribution >= 4 is 33.8 Å². The van der Waals surface area contributed by atoms with Crippen LogP contribution in [0.3, 0.4) is 0 Å². The van der Waals surface area contributed by atoms with E-state index in [-0.39, 0.29) is 29.6 Å². The smallest absolute Gasteiger partial charge is 0.337 e. The molecule has 1 aromatic heterocycles. The number of hydrogen-bond acceptors (Lipinski definition) is 2. The number of aromatic nitrogens is 1. The zero-order valence-corrected chi connectivity index (χ0v) is 9.76. The Morgan fingerprint density at radius 3 is 2.73 bits per heavy atom. The Balaban J connectivity index is 0.000000605. The molecule has 0 aliphatic heterocycles. The van der Waals surface area contributed by atoms with Gasteiger partial charge in [0.1, 0.15) is 0 Å². The Bertz CT molecular complexity index is 368. The molecule has 0 saturated heterocycles. The van der Waals surface area contributed by atoms with Gasteiger partial charge in [0.05, 0.1) is 10.2 Å². The molecule has 0 spiro atoms. The molecule has 0 aliphatic rings. The summed E-state index contributed by atoms with van der Waals surface area (Å²) in [5.74, 6) is 0. The van der Waals surface area contributed by atoms with Gasteiger partial charge in [0.25, 0.3) is 0 Å². The van der Waals surface area contributed by atoms with Gasteiger partial charge >= 0.3 is 29.6 Å². The number of para-hydroxylation sites is 1. The van der Waals surface area contributed by atoms with Gasteiger partial charge in [-0.1, -0.05) is 12.1 Å². The number of fused-ring (bicyclic) bond motifs is 1. The largest absolute Gasteiger partial charge is 1.00 e. The maximum atomic E-state index is 4.98. The van der Waals surface area contributed by atoms with E-state index in [0.29, 0.717) is 0 Å². The molecular weight excluding hydrogens is 185 g/mol. The number of hydrogen-bond donors (Lipinski definition) is 1. The standard InChI is InChI=1S/C7H5NS2.Na/c9-7-8-5-3-1-2-4-6(5)10-7;/h1-4H,(H,8,9);/q;+1. The molecule has 1 heterocycles. The molecule has 0 saturated carbocycles. The molecule has 4 heteroatoms. The van der Waals surface area contributed by atoms with E-state index in [0.717, 1.165) is 9.47 Å². The summed E-state index contributed by atoms with van der Waals surface area (Å²) in [4.78, 5) is 3.09. The molecular formula is C7H5NNaS2+. The van der Waals surface area contributed by atoms with Crippen LogP contribution in [0.4, 0.5) is 0 Å². The summed E-state index contributed by atoms with van der Waals surface area (Å²) in [6.07, 6.45) is 0. The third kappa shape index (κ3) is 1.92. The van der Waals surface area contributed by atoms with Gasteiger partial charge in [-0.3, -0.25) is 0 Å². The molecule has 2 aromatic rings. The van der Waals surface area contributed by atoms with Crippen molar-refractivity contribution in [3.8, 4) is 0 Å². The molecule has 0 bridgehead atoms. The minimum Gasteiger partial charge on any atom is -0.337 e. The Kier molecular flexibility index (Phi) is 3.28. The van der Waals surface area contributed by atoms with Crippen LogP contribution in [0.25, 0.3) is 10.2 Å². The number of rotatable bonds is 0. The molecule has 1 N–H and O–H groups in total. The average Bonchev–Trinajstić information content (AvgIpc) is 2.27. The van der Waals surface area contributed by atoms with Crippen LogP contribution < -0.4 is 29.6 Å². The molecule has 0 radical (unpaired) electrons. The number of H-pyrrole nitrogens is 1. The van der Waals surface area contributed by atoms with Crippen molar-refractivity contribution in [3.63, 3.8) is 0 Å². The van der Waals surface area contributed by atoms with Gasteiger partial charge in [-0.25, -0.2) is 0 Å². The number of benzene rings is 1. The zero-order valence-electron chi connectivity index (χ0n) is 6.13. The van der Waals surface area contributed by atoms with Crippen LogP contribution in [0.15, 0.2) is 24.3 Å². The second kappa shape index (κ2) is 3.83. The summed E-state index contributed by atoms with van der Waals surface area (Å²) in [5, 5.41) is 0. The molecule has 0 atom stereocenters. The van der Waals surface area contributed by atoms with Crippen molar-refractivity contribution in [1.82, 2.24) is 4.98 Å². The van der Waals surface area contributed by atoms with Gasteiger partial charge in [-0.2, -0.15) is 0 Å². The first-order valence-electron chi connectivity index (χ1n) is 2.94. The van der Waals surface area contributed by atoms with Crippen LogP contribution in [0, 0.1) is 3.95 Å². The summed E-state index contributed by atoms with van der Waals surface area (Å²) in [6, 6.07) is 8.11. The fourth-order valence-electron chi connectivity index (χ4n) is 0.894. The molecule has 2 rings (SSSR count). The van der Waals surface area contributed by atoms with Gasteiger partial charge in [-0.05, 0) is 24.4 Å². The first-order valence-corrected chi connectivity index (χ1v) is 4.16. The molecule has 11 heavy (non-hydrogen) atoms. The first-order chi connectivity index (χ1) is 4.86. The molecule has 0 fully saturated rings. The molecule has 1 aromatic carbocycles. The van der Waals surface area contributed by atoms with Crippen molar-refractivity contribution in [2.45, 2.75) is 0 Å². The minimum absolute atomic E-state index is 0. The number of thiazole rings is 1. The van der Waals surface area contributed by atoms with E-state index in [9.17, 15) is 0 Å². The van der Waals surface area contributed by atoms with Gasteiger partial charge in [0.15, 0.2) is 3.95 Å². The topological polar surface area (TPSA) is 15.8 Å². The Morgan fingerprint density at radius 1 is 1.27 bits per heavy atom. The fourth-order valence-corrected chi connectivity index (χ4v) is 2.01. The summed E-state index contributed by atoms with van der Waals surface area (Å²) in [6.45, 7) is 0. The maximum Gasteiger partial charge on any atom is 1.00 e. The van der Waals surface area contributed by atoms with E-state index in [2.05, 4.69) is 11.1 Å². The fraction of sp³-hybridized carbons (Fsp3) is 0. The normalized spacial score (nSPS) is 9.45.